The number of fused-ring (bicyclic) bond motifs is 1. The Morgan fingerprint density at radius 3 is 2.62 bits per heavy atom. The molecule has 2 atom stereocenters. The van der Waals surface area contributed by atoms with Crippen LogP contribution in [0.25, 0.3) is 10.9 Å². The molecule has 1 fully saturated rings. The van der Waals surface area contributed by atoms with Gasteiger partial charge in [0, 0.05) is 34.8 Å². The molecule has 0 aliphatic heterocycles. The van der Waals surface area contributed by atoms with Gasteiger partial charge in [-0.05, 0) is 42.3 Å². The summed E-state index contributed by atoms with van der Waals surface area (Å²) in [6, 6.07) is 14.7. The van der Waals surface area contributed by atoms with E-state index in [0.717, 1.165) is 12.1 Å². The Labute approximate surface area is 139 Å². The molecule has 1 heterocycles. The molecule has 1 saturated carbocycles. The van der Waals surface area contributed by atoms with Crippen LogP contribution in [-0.2, 0) is 0 Å². The third kappa shape index (κ3) is 2.59. The van der Waals surface area contributed by atoms with Gasteiger partial charge in [-0.25, -0.2) is 0 Å². The van der Waals surface area contributed by atoms with Crippen molar-refractivity contribution in [3.63, 3.8) is 0 Å². The molecule has 0 spiro atoms. The highest BCUT2D eigenvalue weighted by molar-refractivity contribution is 6.13. The summed E-state index contributed by atoms with van der Waals surface area (Å²) in [7, 11) is 0. The Morgan fingerprint density at radius 1 is 1.17 bits per heavy atom. The number of pyridine rings is 1. The van der Waals surface area contributed by atoms with Crippen LogP contribution in [0.5, 0.6) is 5.75 Å². The largest absolute Gasteiger partial charge is 0.506 e. The molecule has 2 unspecified atom stereocenters. The van der Waals surface area contributed by atoms with Gasteiger partial charge in [0.1, 0.15) is 11.3 Å². The Hall–Kier alpha value is -2.92. The van der Waals surface area contributed by atoms with Crippen molar-refractivity contribution >= 4 is 22.5 Å². The Bertz CT molecular complexity index is 922. The first-order valence-electron chi connectivity index (χ1n) is 7.87. The molecule has 0 saturated heterocycles. The highest BCUT2D eigenvalue weighted by Gasteiger charge is 2.34. The third-order valence-electron chi connectivity index (χ3n) is 4.43. The summed E-state index contributed by atoms with van der Waals surface area (Å²) in [5.74, 6) is 0.276. The molecular formula is C19H17N3O2. The molecule has 1 aliphatic rings. The van der Waals surface area contributed by atoms with Crippen molar-refractivity contribution < 1.29 is 9.90 Å². The van der Waals surface area contributed by atoms with E-state index in [9.17, 15) is 9.90 Å². The molecular weight excluding hydrogens is 302 g/mol. The number of carbonyl (C=O) groups excluding carboxylic acids is 1. The number of aromatic nitrogens is 1. The van der Waals surface area contributed by atoms with Crippen molar-refractivity contribution in [3.05, 3.63) is 65.9 Å². The molecule has 4 N–H and O–H groups in total. The van der Waals surface area contributed by atoms with Gasteiger partial charge in [0.05, 0.1) is 0 Å². The van der Waals surface area contributed by atoms with Crippen molar-refractivity contribution in [2.75, 3.05) is 5.32 Å². The third-order valence-corrected chi connectivity index (χ3v) is 4.43. The van der Waals surface area contributed by atoms with Crippen molar-refractivity contribution in [2.45, 2.75) is 18.4 Å². The first kappa shape index (κ1) is 14.7. The lowest BCUT2D eigenvalue weighted by Gasteiger charge is -2.09. The smallest absolute Gasteiger partial charge is 0.256 e. The summed E-state index contributed by atoms with van der Waals surface area (Å²) < 4.78 is 0. The number of hydrogen-bond donors (Lipinski definition) is 3. The number of hydrogen-bond acceptors (Lipinski definition) is 4. The maximum absolute atomic E-state index is 12.6. The van der Waals surface area contributed by atoms with Gasteiger partial charge >= 0.3 is 0 Å². The number of aromatic hydroxyl groups is 1. The highest BCUT2D eigenvalue weighted by atomic mass is 16.3. The lowest BCUT2D eigenvalue weighted by atomic mass is 10.1. The van der Waals surface area contributed by atoms with Gasteiger partial charge in [0.2, 0.25) is 0 Å². The zero-order valence-corrected chi connectivity index (χ0v) is 12.9. The summed E-state index contributed by atoms with van der Waals surface area (Å²) in [6.07, 6.45) is 2.61. The van der Waals surface area contributed by atoms with Gasteiger partial charge < -0.3 is 16.2 Å². The fourth-order valence-electron chi connectivity index (χ4n) is 2.97. The minimum absolute atomic E-state index is 0.0623. The summed E-state index contributed by atoms with van der Waals surface area (Å²) >= 11 is 0. The van der Waals surface area contributed by atoms with Crippen molar-refractivity contribution in [2.24, 2.45) is 5.73 Å². The summed E-state index contributed by atoms with van der Waals surface area (Å²) in [4.78, 5) is 16.7. The highest BCUT2D eigenvalue weighted by Crippen LogP contribution is 2.39. The normalized spacial score (nSPS) is 19.2. The minimum Gasteiger partial charge on any atom is -0.506 e. The van der Waals surface area contributed by atoms with E-state index in [0.29, 0.717) is 22.4 Å². The molecule has 1 aliphatic carbocycles. The molecule has 0 bridgehead atoms. The Morgan fingerprint density at radius 2 is 1.92 bits per heavy atom. The molecule has 1 amide bonds. The fraction of sp³-hybridized carbons (Fsp3) is 0.158. The Kier molecular flexibility index (Phi) is 3.43. The maximum atomic E-state index is 12.6. The number of carbonyl (C=O) groups is 1. The standard InChI is InChI=1S/C19H17N3O2/c20-16-10-15(16)11-3-5-12(6-4-11)22-19(24)14-7-8-17(23)18-13(14)2-1-9-21-18/h1-9,15-16,23H,10,20H2,(H,22,24). The first-order valence-corrected chi connectivity index (χ1v) is 7.87. The average molecular weight is 319 g/mol. The van der Waals surface area contributed by atoms with Crippen molar-refractivity contribution in [1.82, 2.24) is 4.98 Å². The van der Waals surface area contributed by atoms with Crippen LogP contribution in [0.4, 0.5) is 5.69 Å². The molecule has 4 rings (SSSR count). The second kappa shape index (κ2) is 5.62. The molecule has 24 heavy (non-hydrogen) atoms. The van der Waals surface area contributed by atoms with E-state index in [1.165, 1.54) is 11.6 Å². The molecule has 2 aromatic carbocycles. The number of nitrogens with one attached hydrogen (secondary N) is 1. The molecule has 120 valence electrons. The van der Waals surface area contributed by atoms with Gasteiger partial charge in [-0.15, -0.1) is 0 Å². The average Bonchev–Trinajstić information content (AvgIpc) is 3.33. The van der Waals surface area contributed by atoms with Crippen molar-refractivity contribution in [3.8, 4) is 5.75 Å². The van der Waals surface area contributed by atoms with Crippen LogP contribution in [0.2, 0.25) is 0 Å². The summed E-state index contributed by atoms with van der Waals surface area (Å²) in [6.45, 7) is 0. The van der Waals surface area contributed by atoms with Crippen LogP contribution in [0, 0.1) is 0 Å². The number of nitrogens with zero attached hydrogens (tertiary/aromatic N) is 1. The molecule has 5 nitrogen and oxygen atoms in total. The van der Waals surface area contributed by atoms with Crippen LogP contribution in [0.1, 0.15) is 28.3 Å². The van der Waals surface area contributed by atoms with Crippen LogP contribution < -0.4 is 11.1 Å². The lowest BCUT2D eigenvalue weighted by molar-refractivity contribution is 0.102. The van der Waals surface area contributed by atoms with Gasteiger partial charge in [0.25, 0.3) is 5.91 Å². The van der Waals surface area contributed by atoms with E-state index >= 15 is 0 Å². The summed E-state index contributed by atoms with van der Waals surface area (Å²) in [5, 5.41) is 13.4. The number of amides is 1. The van der Waals surface area contributed by atoms with Gasteiger partial charge in [0.15, 0.2) is 0 Å². The quantitative estimate of drug-likeness (QED) is 0.692. The number of phenols is 1. The van der Waals surface area contributed by atoms with Crippen molar-refractivity contribution in [1.29, 1.82) is 0 Å². The van der Waals surface area contributed by atoms with Crippen LogP contribution in [0.15, 0.2) is 54.7 Å². The summed E-state index contributed by atoms with van der Waals surface area (Å²) in [5.41, 5.74) is 8.69. The van der Waals surface area contributed by atoms with Crippen LogP contribution in [0.3, 0.4) is 0 Å². The SMILES string of the molecule is NC1CC1c1ccc(NC(=O)c2ccc(O)c3ncccc23)cc1. The van der Waals surface area contributed by atoms with E-state index in [1.807, 2.05) is 24.3 Å². The number of rotatable bonds is 3. The molecule has 0 radical (unpaired) electrons. The van der Waals surface area contributed by atoms with Gasteiger partial charge in [-0.3, -0.25) is 9.78 Å². The topological polar surface area (TPSA) is 88.2 Å². The predicted molar refractivity (Wildman–Crippen MR) is 93.1 cm³/mol. The maximum Gasteiger partial charge on any atom is 0.256 e. The molecule has 1 aromatic heterocycles. The van der Waals surface area contributed by atoms with E-state index in [2.05, 4.69) is 10.3 Å². The van der Waals surface area contributed by atoms with E-state index < -0.39 is 0 Å². The van der Waals surface area contributed by atoms with E-state index in [-0.39, 0.29) is 17.7 Å². The fourth-order valence-corrected chi connectivity index (χ4v) is 2.97. The zero-order chi connectivity index (χ0) is 16.7. The van der Waals surface area contributed by atoms with E-state index in [4.69, 9.17) is 5.73 Å². The van der Waals surface area contributed by atoms with Gasteiger partial charge in [-0.2, -0.15) is 0 Å². The lowest BCUT2D eigenvalue weighted by Crippen LogP contribution is -2.12. The number of anilines is 1. The minimum atomic E-state index is -0.233. The van der Waals surface area contributed by atoms with E-state index in [1.54, 1.807) is 24.4 Å². The first-order chi connectivity index (χ1) is 11.6. The monoisotopic (exact) mass is 319 g/mol. The Balaban J connectivity index is 1.59. The number of nitrogens with two attached hydrogens (primary N) is 1. The molecule has 5 heteroatoms. The second-order valence-corrected chi connectivity index (χ2v) is 6.11. The predicted octanol–water partition coefficient (Wildman–Crippen LogP) is 3.01. The number of phenolic OH excluding ortho intramolecular Hbond substituents is 1. The molecule has 3 aromatic rings. The second-order valence-electron chi connectivity index (χ2n) is 6.11. The van der Waals surface area contributed by atoms with Crippen LogP contribution in [-0.4, -0.2) is 22.0 Å². The van der Waals surface area contributed by atoms with Crippen LogP contribution >= 0.6 is 0 Å². The zero-order valence-electron chi connectivity index (χ0n) is 12.9. The number of benzene rings is 2. The van der Waals surface area contributed by atoms with Gasteiger partial charge in [-0.1, -0.05) is 18.2 Å².